The Bertz CT molecular complexity index is 903. The highest BCUT2D eigenvalue weighted by atomic mass is 79.9. The number of aromatic amines is 2. The van der Waals surface area contributed by atoms with Crippen molar-refractivity contribution in [2.45, 2.75) is 25.7 Å². The number of nitrogens with zero attached hydrogens (tertiary/aromatic N) is 3. The van der Waals surface area contributed by atoms with Gasteiger partial charge < -0.3 is 0 Å². The van der Waals surface area contributed by atoms with Gasteiger partial charge in [0.15, 0.2) is 10.6 Å². The smallest absolute Gasteiger partial charge is 0.200 e. The van der Waals surface area contributed by atoms with Gasteiger partial charge in [0.1, 0.15) is 5.69 Å². The Morgan fingerprint density at radius 2 is 2.05 bits per heavy atom. The lowest BCUT2D eigenvalue weighted by molar-refractivity contribution is 0.958. The second kappa shape index (κ2) is 5.17. The maximum atomic E-state index is 5.39. The first kappa shape index (κ1) is 13.9. The van der Waals surface area contributed by atoms with E-state index in [1.807, 2.05) is 16.7 Å². The molecule has 112 valence electrons. The van der Waals surface area contributed by atoms with Gasteiger partial charge in [0.05, 0.1) is 5.69 Å². The number of nitrogens with one attached hydrogen (secondary N) is 2. The molecule has 0 radical (unpaired) electrons. The Morgan fingerprint density at radius 1 is 1.23 bits per heavy atom. The van der Waals surface area contributed by atoms with Gasteiger partial charge in [0.2, 0.25) is 0 Å². The summed E-state index contributed by atoms with van der Waals surface area (Å²) in [5.41, 5.74) is 4.13. The van der Waals surface area contributed by atoms with Crippen LogP contribution in [0.15, 0.2) is 28.7 Å². The minimum atomic E-state index is 0.557. The monoisotopic (exact) mass is 375 g/mol. The van der Waals surface area contributed by atoms with Crippen molar-refractivity contribution in [1.82, 2.24) is 25.0 Å². The van der Waals surface area contributed by atoms with Crippen molar-refractivity contribution >= 4 is 28.1 Å². The zero-order valence-corrected chi connectivity index (χ0v) is 14.3. The molecule has 0 aliphatic heterocycles. The lowest BCUT2D eigenvalue weighted by Crippen LogP contribution is -1.98. The number of rotatable bonds is 3. The summed E-state index contributed by atoms with van der Waals surface area (Å²) < 4.78 is 3.51. The van der Waals surface area contributed by atoms with Crippen LogP contribution in [-0.2, 0) is 0 Å². The average molecular weight is 376 g/mol. The molecule has 4 rings (SSSR count). The highest BCUT2D eigenvalue weighted by molar-refractivity contribution is 9.10. The van der Waals surface area contributed by atoms with Crippen LogP contribution in [0.1, 0.15) is 30.0 Å². The van der Waals surface area contributed by atoms with Crippen LogP contribution in [0.3, 0.4) is 0 Å². The molecule has 1 saturated carbocycles. The number of H-pyrrole nitrogens is 2. The van der Waals surface area contributed by atoms with Crippen molar-refractivity contribution < 1.29 is 0 Å². The zero-order chi connectivity index (χ0) is 15.3. The largest absolute Gasteiger partial charge is 0.282 e. The third-order valence-corrected chi connectivity index (χ3v) is 5.06. The van der Waals surface area contributed by atoms with Gasteiger partial charge in [0.25, 0.3) is 0 Å². The highest BCUT2D eigenvalue weighted by Crippen LogP contribution is 2.39. The molecule has 0 atom stereocenters. The second-order valence-electron chi connectivity index (χ2n) is 5.60. The maximum absolute atomic E-state index is 5.39. The molecule has 1 aliphatic rings. The maximum Gasteiger partial charge on any atom is 0.200 e. The number of aromatic nitrogens is 5. The average Bonchev–Trinajstić information content (AvgIpc) is 3.11. The fraction of sp³-hybridized carbons (Fsp3) is 0.267. The summed E-state index contributed by atoms with van der Waals surface area (Å²) in [6.45, 7) is 2.05. The summed E-state index contributed by atoms with van der Waals surface area (Å²) in [6, 6.07) is 8.20. The number of benzene rings is 1. The molecule has 2 aromatic heterocycles. The van der Waals surface area contributed by atoms with Crippen molar-refractivity contribution in [3.8, 4) is 17.2 Å². The minimum Gasteiger partial charge on any atom is -0.282 e. The Kier molecular flexibility index (Phi) is 3.27. The molecular formula is C15H14BrN5S. The van der Waals surface area contributed by atoms with Crippen LogP contribution in [0.25, 0.3) is 17.2 Å². The van der Waals surface area contributed by atoms with Gasteiger partial charge >= 0.3 is 0 Å². The molecule has 1 aliphatic carbocycles. The third kappa shape index (κ3) is 2.34. The standard InChI is InChI=1S/C15H14BrN5S/c1-8-2-5-10(6-11(8)16)21-14(19-20-15(21)22)13-7-12(17-18-13)9-3-4-9/h2,5-7,9H,3-4H2,1H3,(H,17,18)(H,20,22). The van der Waals surface area contributed by atoms with E-state index in [9.17, 15) is 0 Å². The third-order valence-electron chi connectivity index (χ3n) is 3.93. The summed E-state index contributed by atoms with van der Waals surface area (Å²) in [7, 11) is 0. The lowest BCUT2D eigenvalue weighted by Gasteiger charge is -2.07. The molecule has 1 fully saturated rings. The molecule has 1 aromatic carbocycles. The van der Waals surface area contributed by atoms with Crippen molar-refractivity contribution in [3.63, 3.8) is 0 Å². The van der Waals surface area contributed by atoms with E-state index < -0.39 is 0 Å². The topological polar surface area (TPSA) is 62.3 Å². The van der Waals surface area contributed by atoms with E-state index in [2.05, 4.69) is 55.4 Å². The molecule has 0 spiro atoms. The van der Waals surface area contributed by atoms with Crippen LogP contribution in [-0.4, -0.2) is 25.0 Å². The van der Waals surface area contributed by atoms with E-state index in [0.717, 1.165) is 21.7 Å². The summed E-state index contributed by atoms with van der Waals surface area (Å²) in [6.07, 6.45) is 2.47. The van der Waals surface area contributed by atoms with E-state index in [1.54, 1.807) is 0 Å². The highest BCUT2D eigenvalue weighted by Gasteiger charge is 2.26. The fourth-order valence-corrected chi connectivity index (χ4v) is 3.09. The summed E-state index contributed by atoms with van der Waals surface area (Å²) in [5.74, 6) is 1.36. The Labute approximate surface area is 140 Å². The summed E-state index contributed by atoms with van der Waals surface area (Å²) >= 11 is 8.96. The number of hydrogen-bond donors (Lipinski definition) is 2. The van der Waals surface area contributed by atoms with Crippen LogP contribution in [0, 0.1) is 11.7 Å². The molecular weight excluding hydrogens is 362 g/mol. The van der Waals surface area contributed by atoms with Gasteiger partial charge in [0, 0.05) is 16.1 Å². The van der Waals surface area contributed by atoms with Crippen molar-refractivity contribution in [2.75, 3.05) is 0 Å². The van der Waals surface area contributed by atoms with Crippen molar-refractivity contribution in [2.24, 2.45) is 0 Å². The van der Waals surface area contributed by atoms with Crippen molar-refractivity contribution in [1.29, 1.82) is 0 Å². The molecule has 22 heavy (non-hydrogen) atoms. The summed E-state index contributed by atoms with van der Waals surface area (Å²) in [5, 5.41) is 14.7. The second-order valence-corrected chi connectivity index (χ2v) is 6.85. The quantitative estimate of drug-likeness (QED) is 0.671. The molecule has 7 heteroatoms. The van der Waals surface area contributed by atoms with Gasteiger partial charge in [-0.25, -0.2) is 0 Å². The number of aryl methyl sites for hydroxylation is 1. The molecule has 0 amide bonds. The first-order valence-electron chi connectivity index (χ1n) is 7.13. The summed E-state index contributed by atoms with van der Waals surface area (Å²) in [4.78, 5) is 0. The fourth-order valence-electron chi connectivity index (χ4n) is 2.48. The first-order chi connectivity index (χ1) is 10.6. The van der Waals surface area contributed by atoms with Crippen LogP contribution >= 0.6 is 28.1 Å². The van der Waals surface area contributed by atoms with Gasteiger partial charge in [-0.1, -0.05) is 22.0 Å². The predicted octanol–water partition coefficient (Wildman–Crippen LogP) is 4.27. The van der Waals surface area contributed by atoms with E-state index in [-0.39, 0.29) is 0 Å². The van der Waals surface area contributed by atoms with Gasteiger partial charge in [-0.05, 0) is 55.7 Å². The van der Waals surface area contributed by atoms with Crippen molar-refractivity contribution in [3.05, 3.63) is 44.8 Å². The van der Waals surface area contributed by atoms with Crippen LogP contribution < -0.4 is 0 Å². The van der Waals surface area contributed by atoms with E-state index in [0.29, 0.717) is 10.7 Å². The van der Waals surface area contributed by atoms with Crippen LogP contribution in [0.5, 0.6) is 0 Å². The molecule has 2 heterocycles. The Morgan fingerprint density at radius 3 is 2.77 bits per heavy atom. The normalized spacial score (nSPS) is 14.5. The van der Waals surface area contributed by atoms with Crippen LogP contribution in [0.2, 0.25) is 0 Å². The van der Waals surface area contributed by atoms with Crippen LogP contribution in [0.4, 0.5) is 0 Å². The lowest BCUT2D eigenvalue weighted by atomic mass is 10.2. The zero-order valence-electron chi connectivity index (χ0n) is 11.9. The molecule has 0 saturated heterocycles. The SMILES string of the molecule is Cc1ccc(-n2c(-c3cc(C4CC4)[nH]n3)n[nH]c2=S)cc1Br. The Balaban J connectivity index is 1.83. The minimum absolute atomic E-state index is 0.557. The molecule has 2 N–H and O–H groups in total. The molecule has 0 unspecified atom stereocenters. The number of halogens is 1. The molecule has 5 nitrogen and oxygen atoms in total. The van der Waals surface area contributed by atoms with Gasteiger partial charge in [-0.15, -0.1) is 0 Å². The number of hydrogen-bond acceptors (Lipinski definition) is 3. The van der Waals surface area contributed by atoms with E-state index >= 15 is 0 Å². The molecule has 0 bridgehead atoms. The predicted molar refractivity (Wildman–Crippen MR) is 90.7 cm³/mol. The first-order valence-corrected chi connectivity index (χ1v) is 8.33. The molecule has 3 aromatic rings. The van der Waals surface area contributed by atoms with E-state index in [1.165, 1.54) is 24.1 Å². The van der Waals surface area contributed by atoms with E-state index in [4.69, 9.17) is 12.2 Å². The van der Waals surface area contributed by atoms with Gasteiger partial charge in [-0.2, -0.15) is 10.2 Å². The van der Waals surface area contributed by atoms with Gasteiger partial charge in [-0.3, -0.25) is 14.8 Å². The Hall–Kier alpha value is -1.73.